The van der Waals surface area contributed by atoms with Gasteiger partial charge in [-0.15, -0.1) is 0 Å². The van der Waals surface area contributed by atoms with E-state index in [1.165, 1.54) is 11.3 Å². The first-order valence-electron chi connectivity index (χ1n) is 8.79. The van der Waals surface area contributed by atoms with E-state index in [1.54, 1.807) is 13.2 Å². The molecule has 5 heteroatoms. The van der Waals surface area contributed by atoms with Crippen LogP contribution in [-0.4, -0.2) is 18.0 Å². The highest BCUT2D eigenvalue weighted by atomic mass is 35.5. The Morgan fingerprint density at radius 1 is 1.27 bits per heavy atom. The Morgan fingerprint density at radius 2 is 2.12 bits per heavy atom. The minimum atomic E-state index is -0.0499. The third kappa shape index (κ3) is 3.06. The summed E-state index contributed by atoms with van der Waals surface area (Å²) in [4.78, 5) is 16.3. The molecule has 1 amide bonds. The SMILES string of the molecule is COc1ccc2[nH]c3c(c2c1)CC(C(=O)Nc1cc(Cl)ccc1C)CC3. The number of aryl methyl sites for hydroxylation is 2. The van der Waals surface area contributed by atoms with E-state index in [0.29, 0.717) is 5.02 Å². The Balaban J connectivity index is 1.59. The number of H-pyrrole nitrogens is 1. The van der Waals surface area contributed by atoms with Crippen molar-refractivity contribution in [2.75, 3.05) is 12.4 Å². The van der Waals surface area contributed by atoms with Gasteiger partial charge in [-0.2, -0.15) is 0 Å². The average Bonchev–Trinajstić information content (AvgIpc) is 3.01. The molecule has 0 fully saturated rings. The van der Waals surface area contributed by atoms with Gasteiger partial charge in [-0.1, -0.05) is 17.7 Å². The van der Waals surface area contributed by atoms with E-state index in [4.69, 9.17) is 16.3 Å². The van der Waals surface area contributed by atoms with E-state index in [0.717, 1.165) is 47.2 Å². The van der Waals surface area contributed by atoms with Crippen LogP contribution in [-0.2, 0) is 17.6 Å². The summed E-state index contributed by atoms with van der Waals surface area (Å²) in [5.41, 5.74) is 5.36. The van der Waals surface area contributed by atoms with Crippen LogP contribution in [0, 0.1) is 12.8 Å². The van der Waals surface area contributed by atoms with Crippen LogP contribution in [0.15, 0.2) is 36.4 Å². The summed E-state index contributed by atoms with van der Waals surface area (Å²) in [6.07, 6.45) is 2.44. The molecule has 4 nitrogen and oxygen atoms in total. The Morgan fingerprint density at radius 3 is 2.92 bits per heavy atom. The second kappa shape index (κ2) is 6.69. The predicted molar refractivity (Wildman–Crippen MR) is 105 cm³/mol. The van der Waals surface area contributed by atoms with Gasteiger partial charge in [0, 0.05) is 33.2 Å². The maximum absolute atomic E-state index is 12.8. The fourth-order valence-corrected chi connectivity index (χ4v) is 3.88. The standard InChI is InChI=1S/C21H21ClN2O2/c1-12-3-5-14(22)10-20(12)24-21(25)13-4-7-18-16(9-13)17-11-15(26-2)6-8-19(17)23-18/h3,5-6,8,10-11,13,23H,4,7,9H2,1-2H3,(H,24,25). The lowest BCUT2D eigenvalue weighted by Crippen LogP contribution is -2.28. The number of amides is 1. The summed E-state index contributed by atoms with van der Waals surface area (Å²) in [6, 6.07) is 11.6. The van der Waals surface area contributed by atoms with E-state index in [-0.39, 0.29) is 11.8 Å². The van der Waals surface area contributed by atoms with Crippen molar-refractivity contribution in [1.82, 2.24) is 4.98 Å². The molecule has 1 atom stereocenters. The maximum atomic E-state index is 12.8. The highest BCUT2D eigenvalue weighted by molar-refractivity contribution is 6.31. The number of methoxy groups -OCH3 is 1. The van der Waals surface area contributed by atoms with Crippen molar-refractivity contribution >= 4 is 34.1 Å². The minimum absolute atomic E-state index is 0.0499. The largest absolute Gasteiger partial charge is 0.497 e. The minimum Gasteiger partial charge on any atom is -0.497 e. The molecule has 26 heavy (non-hydrogen) atoms. The Kier molecular flexibility index (Phi) is 4.37. The molecular formula is C21H21ClN2O2. The van der Waals surface area contributed by atoms with E-state index in [2.05, 4.69) is 10.3 Å². The molecule has 4 rings (SSSR count). The first kappa shape index (κ1) is 17.0. The number of nitrogens with one attached hydrogen (secondary N) is 2. The van der Waals surface area contributed by atoms with Crippen LogP contribution in [0.2, 0.25) is 5.02 Å². The quantitative estimate of drug-likeness (QED) is 0.692. The molecule has 1 aromatic heterocycles. The Labute approximate surface area is 157 Å². The average molecular weight is 369 g/mol. The van der Waals surface area contributed by atoms with Gasteiger partial charge in [-0.05, 0) is 67.6 Å². The van der Waals surface area contributed by atoms with E-state index >= 15 is 0 Å². The van der Waals surface area contributed by atoms with E-state index < -0.39 is 0 Å². The number of aromatic nitrogens is 1. The number of carbonyl (C=O) groups excluding carboxylic acids is 1. The van der Waals surface area contributed by atoms with Gasteiger partial charge in [0.15, 0.2) is 0 Å². The highest BCUT2D eigenvalue weighted by Gasteiger charge is 2.27. The van der Waals surface area contributed by atoms with Gasteiger partial charge in [0.2, 0.25) is 5.91 Å². The molecular weight excluding hydrogens is 348 g/mol. The molecule has 0 spiro atoms. The number of halogens is 1. The number of aromatic amines is 1. The van der Waals surface area contributed by atoms with Gasteiger partial charge in [-0.3, -0.25) is 4.79 Å². The molecule has 0 bridgehead atoms. The molecule has 0 aliphatic heterocycles. The lowest BCUT2D eigenvalue weighted by Gasteiger charge is -2.22. The van der Waals surface area contributed by atoms with Gasteiger partial charge in [0.05, 0.1) is 7.11 Å². The van der Waals surface area contributed by atoms with Crippen molar-refractivity contribution in [3.8, 4) is 5.75 Å². The Hall–Kier alpha value is -2.46. The van der Waals surface area contributed by atoms with Crippen molar-refractivity contribution in [2.45, 2.75) is 26.2 Å². The van der Waals surface area contributed by atoms with Gasteiger partial charge in [0.25, 0.3) is 0 Å². The molecule has 2 aromatic carbocycles. The van der Waals surface area contributed by atoms with Crippen molar-refractivity contribution in [3.05, 3.63) is 58.2 Å². The zero-order valence-electron chi connectivity index (χ0n) is 14.9. The smallest absolute Gasteiger partial charge is 0.227 e. The topological polar surface area (TPSA) is 54.1 Å². The summed E-state index contributed by atoms with van der Waals surface area (Å²) in [5, 5.41) is 4.83. The zero-order chi connectivity index (χ0) is 18.3. The van der Waals surface area contributed by atoms with Crippen LogP contribution < -0.4 is 10.1 Å². The Bertz CT molecular complexity index is 993. The number of hydrogen-bond acceptors (Lipinski definition) is 2. The first-order valence-corrected chi connectivity index (χ1v) is 9.17. The molecule has 1 aliphatic rings. The van der Waals surface area contributed by atoms with Crippen molar-refractivity contribution in [2.24, 2.45) is 5.92 Å². The van der Waals surface area contributed by atoms with Crippen molar-refractivity contribution in [3.63, 3.8) is 0 Å². The summed E-state index contributed by atoms with van der Waals surface area (Å²) in [6.45, 7) is 1.97. The van der Waals surface area contributed by atoms with Crippen LogP contribution in [0.4, 0.5) is 5.69 Å². The number of hydrogen-bond donors (Lipinski definition) is 2. The van der Waals surface area contributed by atoms with Crippen LogP contribution in [0.1, 0.15) is 23.2 Å². The van der Waals surface area contributed by atoms with Crippen LogP contribution in [0.25, 0.3) is 10.9 Å². The monoisotopic (exact) mass is 368 g/mol. The number of ether oxygens (including phenoxy) is 1. The van der Waals surface area contributed by atoms with Gasteiger partial charge in [0.1, 0.15) is 5.75 Å². The zero-order valence-corrected chi connectivity index (χ0v) is 15.6. The molecule has 1 aliphatic carbocycles. The predicted octanol–water partition coefficient (Wildman–Crippen LogP) is 4.88. The third-order valence-electron chi connectivity index (χ3n) is 5.22. The molecule has 1 heterocycles. The summed E-state index contributed by atoms with van der Waals surface area (Å²) in [7, 11) is 1.67. The summed E-state index contributed by atoms with van der Waals surface area (Å²) in [5.74, 6) is 0.838. The number of benzene rings is 2. The number of rotatable bonds is 3. The van der Waals surface area contributed by atoms with Gasteiger partial charge < -0.3 is 15.0 Å². The maximum Gasteiger partial charge on any atom is 0.227 e. The third-order valence-corrected chi connectivity index (χ3v) is 5.46. The molecule has 0 saturated carbocycles. The van der Waals surface area contributed by atoms with Crippen LogP contribution in [0.5, 0.6) is 5.75 Å². The van der Waals surface area contributed by atoms with Gasteiger partial charge >= 0.3 is 0 Å². The van der Waals surface area contributed by atoms with Gasteiger partial charge in [-0.25, -0.2) is 0 Å². The second-order valence-electron chi connectivity index (χ2n) is 6.88. The van der Waals surface area contributed by atoms with Crippen molar-refractivity contribution < 1.29 is 9.53 Å². The fraction of sp³-hybridized carbons (Fsp3) is 0.286. The molecule has 134 valence electrons. The molecule has 2 N–H and O–H groups in total. The molecule has 1 unspecified atom stereocenters. The summed E-state index contributed by atoms with van der Waals surface area (Å²) < 4.78 is 5.35. The molecule has 3 aromatic rings. The van der Waals surface area contributed by atoms with Crippen LogP contribution in [0.3, 0.4) is 0 Å². The molecule has 0 saturated heterocycles. The molecule has 0 radical (unpaired) electrons. The van der Waals surface area contributed by atoms with E-state index in [1.807, 2.05) is 37.3 Å². The van der Waals surface area contributed by atoms with E-state index in [9.17, 15) is 4.79 Å². The number of fused-ring (bicyclic) bond motifs is 3. The normalized spacial score (nSPS) is 16.3. The lowest BCUT2D eigenvalue weighted by molar-refractivity contribution is -0.120. The van der Waals surface area contributed by atoms with Crippen molar-refractivity contribution in [1.29, 1.82) is 0 Å². The highest BCUT2D eigenvalue weighted by Crippen LogP contribution is 2.34. The lowest BCUT2D eigenvalue weighted by atomic mass is 9.85. The fourth-order valence-electron chi connectivity index (χ4n) is 3.71. The van der Waals surface area contributed by atoms with Crippen LogP contribution >= 0.6 is 11.6 Å². The summed E-state index contributed by atoms with van der Waals surface area (Å²) >= 11 is 6.06. The number of anilines is 1. The first-order chi connectivity index (χ1) is 12.5. The second-order valence-corrected chi connectivity index (χ2v) is 7.32. The number of carbonyl (C=O) groups is 1.